The van der Waals surface area contributed by atoms with Crippen molar-refractivity contribution >= 4 is 23.0 Å². The van der Waals surface area contributed by atoms with Crippen LogP contribution in [0.2, 0.25) is 0 Å². The highest BCUT2D eigenvalue weighted by atomic mass is 19.1. The average molecular weight is 605 g/mol. The molecule has 1 atom stereocenters. The lowest BCUT2D eigenvalue weighted by molar-refractivity contribution is 0.0696. The van der Waals surface area contributed by atoms with Gasteiger partial charge in [-0.15, -0.1) is 0 Å². The van der Waals surface area contributed by atoms with Crippen LogP contribution in [-0.4, -0.2) is 21.6 Å². The van der Waals surface area contributed by atoms with Crippen LogP contribution in [0, 0.1) is 11.6 Å². The number of nitrogens with zero attached hydrogens (tertiary/aromatic N) is 1. The Morgan fingerprint density at radius 1 is 0.778 bits per heavy atom. The second-order valence-electron chi connectivity index (χ2n) is 10.7. The standard InChI is InChI=1S/C36H26F2N2O5/c1-21(23-6-8-27(9-7-23)35(42)43)39-34(41)31-18-28(26-12-16-30(38)17-13-26)19-32-33(31)40(36(44)45-32)20-22-2-4-24(5-3-22)25-10-14-29(37)15-11-25/h2-19,21H,20H2,1H3,(H,39,41)(H,42,43)/t21-/m0/s1. The average Bonchev–Trinajstić information content (AvgIpc) is 3.35. The maximum Gasteiger partial charge on any atom is 0.420 e. The number of hydrogen-bond donors (Lipinski definition) is 2. The Bertz CT molecular complexity index is 2080. The van der Waals surface area contributed by atoms with Crippen LogP contribution in [0.15, 0.2) is 118 Å². The van der Waals surface area contributed by atoms with Crippen molar-refractivity contribution < 1.29 is 27.9 Å². The molecule has 6 aromatic rings. The topological polar surface area (TPSA) is 102 Å². The van der Waals surface area contributed by atoms with E-state index in [-0.39, 0.29) is 29.1 Å². The molecule has 7 nitrogen and oxygen atoms in total. The zero-order valence-electron chi connectivity index (χ0n) is 24.0. The van der Waals surface area contributed by atoms with Crippen molar-refractivity contribution in [2.75, 3.05) is 0 Å². The van der Waals surface area contributed by atoms with Crippen LogP contribution < -0.4 is 11.1 Å². The largest absolute Gasteiger partial charge is 0.478 e. The predicted molar refractivity (Wildman–Crippen MR) is 166 cm³/mol. The van der Waals surface area contributed by atoms with Gasteiger partial charge in [-0.2, -0.15) is 0 Å². The number of halogens is 2. The van der Waals surface area contributed by atoms with E-state index < -0.39 is 29.5 Å². The maximum absolute atomic E-state index is 13.8. The summed E-state index contributed by atoms with van der Waals surface area (Å²) >= 11 is 0. The highest BCUT2D eigenvalue weighted by Gasteiger charge is 2.22. The zero-order chi connectivity index (χ0) is 31.7. The highest BCUT2D eigenvalue weighted by Crippen LogP contribution is 2.29. The zero-order valence-corrected chi connectivity index (χ0v) is 24.0. The summed E-state index contributed by atoms with van der Waals surface area (Å²) in [4.78, 5) is 38.3. The first-order valence-corrected chi connectivity index (χ1v) is 14.1. The summed E-state index contributed by atoms with van der Waals surface area (Å²) in [6, 6.07) is 28.3. The second-order valence-corrected chi connectivity index (χ2v) is 10.7. The normalized spacial score (nSPS) is 11.8. The maximum atomic E-state index is 13.8. The fourth-order valence-electron chi connectivity index (χ4n) is 5.23. The molecule has 1 aromatic heterocycles. The van der Waals surface area contributed by atoms with Gasteiger partial charge in [-0.05, 0) is 88.8 Å². The van der Waals surface area contributed by atoms with Crippen LogP contribution in [0.3, 0.4) is 0 Å². The van der Waals surface area contributed by atoms with Crippen molar-refractivity contribution in [2.45, 2.75) is 19.5 Å². The van der Waals surface area contributed by atoms with E-state index in [4.69, 9.17) is 4.42 Å². The van der Waals surface area contributed by atoms with Crippen LogP contribution in [0.25, 0.3) is 33.4 Å². The van der Waals surface area contributed by atoms with Crippen LogP contribution in [-0.2, 0) is 6.54 Å². The molecule has 0 radical (unpaired) electrons. The molecule has 5 aromatic carbocycles. The number of carboxylic acid groups (broad SMARTS) is 1. The van der Waals surface area contributed by atoms with Gasteiger partial charge >= 0.3 is 11.7 Å². The summed E-state index contributed by atoms with van der Waals surface area (Å²) in [6.07, 6.45) is 0. The molecule has 0 spiro atoms. The lowest BCUT2D eigenvalue weighted by atomic mass is 10.00. The third kappa shape index (κ3) is 6.14. The molecule has 6 rings (SSSR count). The van der Waals surface area contributed by atoms with Crippen molar-refractivity contribution in [3.63, 3.8) is 0 Å². The third-order valence-electron chi connectivity index (χ3n) is 7.66. The molecule has 0 fully saturated rings. The van der Waals surface area contributed by atoms with E-state index in [1.54, 1.807) is 55.5 Å². The van der Waals surface area contributed by atoms with Crippen molar-refractivity contribution in [2.24, 2.45) is 0 Å². The van der Waals surface area contributed by atoms with Crippen LogP contribution in [0.5, 0.6) is 0 Å². The number of benzene rings is 5. The number of hydrogen-bond acceptors (Lipinski definition) is 4. The molecular weight excluding hydrogens is 578 g/mol. The van der Waals surface area contributed by atoms with Crippen molar-refractivity contribution in [1.82, 2.24) is 9.88 Å². The summed E-state index contributed by atoms with van der Waals surface area (Å²) in [5, 5.41) is 12.2. The van der Waals surface area contributed by atoms with Gasteiger partial charge in [0.25, 0.3) is 5.91 Å². The predicted octanol–water partition coefficient (Wildman–Crippen LogP) is 7.44. The number of carbonyl (C=O) groups is 2. The molecule has 0 bridgehead atoms. The SMILES string of the molecule is C[C@H](NC(=O)c1cc(-c2ccc(F)cc2)cc2oc(=O)n(Cc3ccc(-c4ccc(F)cc4)cc3)c12)c1ccc(C(=O)O)cc1. The van der Waals surface area contributed by atoms with Gasteiger partial charge in [0.2, 0.25) is 0 Å². The smallest absolute Gasteiger partial charge is 0.420 e. The van der Waals surface area contributed by atoms with Gasteiger partial charge in [-0.3, -0.25) is 9.36 Å². The fraction of sp³-hybridized carbons (Fsp3) is 0.0833. The Hall–Kier alpha value is -5.83. The summed E-state index contributed by atoms with van der Waals surface area (Å²) < 4.78 is 34.1. The van der Waals surface area contributed by atoms with Crippen LogP contribution in [0.4, 0.5) is 8.78 Å². The van der Waals surface area contributed by atoms with E-state index >= 15 is 0 Å². The number of aromatic nitrogens is 1. The van der Waals surface area contributed by atoms with Gasteiger partial charge in [0.15, 0.2) is 5.58 Å². The number of carboxylic acids is 1. The van der Waals surface area contributed by atoms with Gasteiger partial charge in [0, 0.05) is 0 Å². The molecule has 1 amide bonds. The molecule has 45 heavy (non-hydrogen) atoms. The van der Waals surface area contributed by atoms with Crippen molar-refractivity contribution in [3.8, 4) is 22.3 Å². The molecule has 0 saturated heterocycles. The van der Waals surface area contributed by atoms with E-state index in [0.717, 1.165) is 16.7 Å². The molecule has 1 heterocycles. The minimum absolute atomic E-state index is 0.109. The molecular formula is C36H26F2N2O5. The van der Waals surface area contributed by atoms with Gasteiger partial charge in [0.1, 0.15) is 17.2 Å². The minimum Gasteiger partial charge on any atom is -0.478 e. The van der Waals surface area contributed by atoms with Crippen molar-refractivity contribution in [3.05, 3.63) is 154 Å². The quantitative estimate of drug-likeness (QED) is 0.188. The number of amides is 1. The summed E-state index contributed by atoms with van der Waals surface area (Å²) in [5.41, 5.74) is 5.12. The molecule has 0 aliphatic heterocycles. The first-order chi connectivity index (χ1) is 21.7. The Morgan fingerprint density at radius 3 is 1.87 bits per heavy atom. The van der Waals surface area contributed by atoms with Gasteiger partial charge < -0.3 is 14.8 Å². The molecule has 0 unspecified atom stereocenters. The number of aromatic carboxylic acids is 1. The molecule has 0 saturated carbocycles. The van der Waals surface area contributed by atoms with E-state index in [2.05, 4.69) is 5.32 Å². The van der Waals surface area contributed by atoms with Gasteiger partial charge in [-0.25, -0.2) is 18.4 Å². The van der Waals surface area contributed by atoms with Crippen molar-refractivity contribution in [1.29, 1.82) is 0 Å². The number of oxazole rings is 1. The summed E-state index contributed by atoms with van der Waals surface area (Å²) in [7, 11) is 0. The Labute approximate surface area is 256 Å². The fourth-order valence-corrected chi connectivity index (χ4v) is 5.23. The first kappa shape index (κ1) is 29.3. The Morgan fingerprint density at radius 2 is 1.31 bits per heavy atom. The molecule has 2 N–H and O–H groups in total. The summed E-state index contributed by atoms with van der Waals surface area (Å²) in [6.45, 7) is 1.87. The first-order valence-electron chi connectivity index (χ1n) is 14.1. The monoisotopic (exact) mass is 604 g/mol. The van der Waals surface area contributed by atoms with E-state index in [1.165, 1.54) is 41.0 Å². The molecule has 224 valence electrons. The lowest BCUT2D eigenvalue weighted by Gasteiger charge is -2.16. The van der Waals surface area contributed by atoms with E-state index in [1.807, 2.05) is 24.3 Å². The van der Waals surface area contributed by atoms with Crippen LogP contribution in [0.1, 0.15) is 44.8 Å². The number of fused-ring (bicyclic) bond motifs is 1. The molecule has 0 aliphatic rings. The summed E-state index contributed by atoms with van der Waals surface area (Å²) in [5.74, 6) is -2.94. The number of carbonyl (C=O) groups excluding carboxylic acids is 1. The van der Waals surface area contributed by atoms with E-state index in [0.29, 0.717) is 22.2 Å². The van der Waals surface area contributed by atoms with Gasteiger partial charge in [-0.1, -0.05) is 60.7 Å². The lowest BCUT2D eigenvalue weighted by Crippen LogP contribution is -2.28. The molecule has 0 aliphatic carbocycles. The molecule has 9 heteroatoms. The minimum atomic E-state index is -1.05. The number of nitrogens with one attached hydrogen (secondary N) is 1. The van der Waals surface area contributed by atoms with E-state index in [9.17, 15) is 28.3 Å². The Kier molecular flexibility index (Phi) is 7.83. The van der Waals surface area contributed by atoms with Crippen LogP contribution >= 0.6 is 0 Å². The number of rotatable bonds is 8. The second kappa shape index (κ2) is 12.0. The third-order valence-corrected chi connectivity index (χ3v) is 7.66. The highest BCUT2D eigenvalue weighted by molar-refractivity contribution is 6.06. The Balaban J connectivity index is 1.38. The van der Waals surface area contributed by atoms with Gasteiger partial charge in [0.05, 0.1) is 23.7 Å².